The van der Waals surface area contributed by atoms with Crippen molar-refractivity contribution in [1.82, 2.24) is 5.32 Å². The van der Waals surface area contributed by atoms with Gasteiger partial charge in [-0.15, -0.1) is 0 Å². The van der Waals surface area contributed by atoms with Crippen LogP contribution in [0.15, 0.2) is 23.4 Å². The molecule has 0 aromatic heterocycles. The second kappa shape index (κ2) is 10.7. The van der Waals surface area contributed by atoms with E-state index in [0.29, 0.717) is 43.0 Å². The highest BCUT2D eigenvalue weighted by Gasteiger charge is 2.33. The van der Waals surface area contributed by atoms with Crippen molar-refractivity contribution >= 4 is 41.0 Å². The number of carbonyl (C=O) groups is 4. The summed E-state index contributed by atoms with van der Waals surface area (Å²) >= 11 is 0. The second-order valence-corrected chi connectivity index (χ2v) is 7.58. The normalized spacial score (nSPS) is 18.0. The lowest BCUT2D eigenvalue weighted by atomic mass is 10.1. The molecule has 2 aliphatic rings. The minimum atomic E-state index is -0.776. The maximum absolute atomic E-state index is 14.8. The Morgan fingerprint density at radius 2 is 1.97 bits per heavy atom. The number of ether oxygens (including phenoxy) is 2. The summed E-state index contributed by atoms with van der Waals surface area (Å²) < 4.78 is 24.6. The fourth-order valence-corrected chi connectivity index (χ4v) is 3.42. The first kappa shape index (κ1) is 24.0. The predicted octanol–water partition coefficient (Wildman–Crippen LogP) is 1.35. The molecule has 1 aromatic carbocycles. The molecule has 1 aromatic rings. The molecule has 0 bridgehead atoms. The van der Waals surface area contributed by atoms with E-state index in [4.69, 9.17) is 9.57 Å². The Labute approximate surface area is 189 Å². The van der Waals surface area contributed by atoms with Crippen molar-refractivity contribution in [3.05, 3.63) is 24.0 Å². The van der Waals surface area contributed by atoms with Crippen molar-refractivity contribution in [2.45, 2.75) is 32.8 Å². The molecule has 11 nitrogen and oxygen atoms in total. The molecule has 33 heavy (non-hydrogen) atoms. The number of oxime groups is 1. The second-order valence-electron chi connectivity index (χ2n) is 7.58. The Balaban J connectivity index is 1.54. The van der Waals surface area contributed by atoms with Gasteiger partial charge in [-0.1, -0.05) is 5.16 Å². The van der Waals surface area contributed by atoms with E-state index < -0.39 is 36.6 Å². The van der Waals surface area contributed by atoms with E-state index in [1.54, 1.807) is 12.1 Å². The van der Waals surface area contributed by atoms with Crippen LogP contribution in [0.2, 0.25) is 0 Å². The third-order valence-electron chi connectivity index (χ3n) is 5.05. The number of carbonyl (C=O) groups excluding carboxylic acids is 4. The fourth-order valence-electron chi connectivity index (χ4n) is 3.42. The predicted molar refractivity (Wildman–Crippen MR) is 114 cm³/mol. The monoisotopic (exact) mass is 464 g/mol. The molecule has 2 fully saturated rings. The molecule has 1 atom stereocenters. The largest absolute Gasteiger partial charge is 0.454 e. The molecular formula is C21H25FN4O7. The van der Waals surface area contributed by atoms with Crippen molar-refractivity contribution in [3.63, 3.8) is 0 Å². The molecule has 0 radical (unpaired) electrons. The molecule has 2 aliphatic heterocycles. The van der Waals surface area contributed by atoms with Gasteiger partial charge in [-0.05, 0) is 18.2 Å². The highest BCUT2D eigenvalue weighted by atomic mass is 19.1. The number of nitrogens with zero attached hydrogens (tertiary/aromatic N) is 3. The number of hydrogen-bond acceptors (Lipinski definition) is 9. The third kappa shape index (κ3) is 6.64. The summed E-state index contributed by atoms with van der Waals surface area (Å²) in [4.78, 5) is 53.2. The van der Waals surface area contributed by atoms with Crippen LogP contribution in [0.5, 0.6) is 0 Å². The molecule has 178 valence electrons. The maximum Gasteiger partial charge on any atom is 0.414 e. The van der Waals surface area contributed by atoms with Crippen LogP contribution in [0.3, 0.4) is 0 Å². The Morgan fingerprint density at radius 3 is 2.61 bits per heavy atom. The lowest BCUT2D eigenvalue weighted by molar-refractivity contribution is -0.157. The van der Waals surface area contributed by atoms with Crippen LogP contribution in [0.4, 0.5) is 20.6 Å². The number of piperidine rings is 1. The number of anilines is 2. The Bertz CT molecular complexity index is 958. The quantitative estimate of drug-likeness (QED) is 0.364. The maximum atomic E-state index is 14.8. The minimum Gasteiger partial charge on any atom is -0.454 e. The van der Waals surface area contributed by atoms with Gasteiger partial charge >= 0.3 is 18.0 Å². The van der Waals surface area contributed by atoms with Crippen LogP contribution >= 0.6 is 0 Å². The Kier molecular flexibility index (Phi) is 7.80. The van der Waals surface area contributed by atoms with Gasteiger partial charge in [0.15, 0.2) is 6.61 Å². The number of halogens is 1. The molecule has 2 saturated heterocycles. The average Bonchev–Trinajstić information content (AvgIpc) is 3.15. The van der Waals surface area contributed by atoms with Crippen LogP contribution in [0.25, 0.3) is 0 Å². The number of hydrogen-bond donors (Lipinski definition) is 1. The van der Waals surface area contributed by atoms with Gasteiger partial charge in [0.25, 0.3) is 0 Å². The zero-order chi connectivity index (χ0) is 24.0. The summed E-state index contributed by atoms with van der Waals surface area (Å²) in [6.45, 7) is 3.36. The van der Waals surface area contributed by atoms with E-state index in [1.165, 1.54) is 24.8 Å². The Hall–Kier alpha value is -3.70. The van der Waals surface area contributed by atoms with E-state index in [1.807, 2.05) is 4.90 Å². The van der Waals surface area contributed by atoms with Crippen molar-refractivity contribution < 1.29 is 37.9 Å². The van der Waals surface area contributed by atoms with Gasteiger partial charge in [0.1, 0.15) is 11.9 Å². The highest BCUT2D eigenvalue weighted by Crippen LogP contribution is 2.29. The van der Waals surface area contributed by atoms with E-state index in [2.05, 4.69) is 15.2 Å². The lowest BCUT2D eigenvalue weighted by Gasteiger charge is -2.30. The number of rotatable bonds is 7. The zero-order valence-electron chi connectivity index (χ0n) is 18.3. The minimum absolute atomic E-state index is 0.189. The van der Waals surface area contributed by atoms with Crippen LogP contribution in [-0.4, -0.2) is 68.5 Å². The highest BCUT2D eigenvalue weighted by molar-refractivity contribution is 5.90. The molecule has 12 heteroatoms. The number of nitrogens with one attached hydrogen (secondary N) is 1. The lowest BCUT2D eigenvalue weighted by Crippen LogP contribution is -2.35. The molecule has 1 N–H and O–H groups in total. The summed E-state index contributed by atoms with van der Waals surface area (Å²) in [5, 5.41) is 6.38. The number of cyclic esters (lactones) is 1. The Morgan fingerprint density at radius 1 is 1.24 bits per heavy atom. The average molecular weight is 464 g/mol. The van der Waals surface area contributed by atoms with Gasteiger partial charge < -0.3 is 24.5 Å². The van der Waals surface area contributed by atoms with Crippen LogP contribution < -0.4 is 15.1 Å². The van der Waals surface area contributed by atoms with E-state index >= 15 is 0 Å². The number of esters is 1. The van der Waals surface area contributed by atoms with Gasteiger partial charge in [-0.25, -0.2) is 14.0 Å². The molecule has 1 unspecified atom stereocenters. The molecular weight excluding hydrogens is 439 g/mol. The molecule has 0 saturated carbocycles. The molecule has 2 amide bonds. The summed E-state index contributed by atoms with van der Waals surface area (Å²) in [6.07, 6.45) is -0.178. The zero-order valence-corrected chi connectivity index (χ0v) is 18.3. The van der Waals surface area contributed by atoms with Crippen molar-refractivity contribution in [2.24, 2.45) is 5.16 Å². The van der Waals surface area contributed by atoms with Crippen LogP contribution in [0, 0.1) is 5.82 Å². The topological polar surface area (TPSA) is 127 Å². The van der Waals surface area contributed by atoms with Crippen molar-refractivity contribution in [1.29, 1.82) is 0 Å². The standard InChI is InChI=1S/C21H25FN4O7/c1-13(27)23-10-17-11-26(21(30)32-17)16-3-4-19(18(22)9-16)25-7-5-15(6-8-25)24-33-20(29)12-31-14(2)28/h3-4,9,17H,5-8,10-12H2,1-2H3,(H,23,27). The van der Waals surface area contributed by atoms with Gasteiger partial charge in [0, 0.05) is 39.8 Å². The first-order valence-electron chi connectivity index (χ1n) is 10.4. The van der Waals surface area contributed by atoms with Crippen LogP contribution in [-0.2, 0) is 28.7 Å². The van der Waals surface area contributed by atoms with Gasteiger partial charge in [-0.2, -0.15) is 0 Å². The SMILES string of the molecule is CC(=O)NCC1CN(c2ccc(N3CCC(=NOC(=O)COC(C)=O)CC3)c(F)c2)C(=O)O1. The van der Waals surface area contributed by atoms with Crippen molar-refractivity contribution in [3.8, 4) is 0 Å². The number of benzene rings is 1. The van der Waals surface area contributed by atoms with E-state index in [0.717, 1.165) is 0 Å². The smallest absolute Gasteiger partial charge is 0.414 e. The fraction of sp³-hybridized carbons (Fsp3) is 0.476. The van der Waals surface area contributed by atoms with Gasteiger partial charge in [0.2, 0.25) is 5.91 Å². The van der Waals surface area contributed by atoms with Gasteiger partial charge in [0.05, 0.1) is 30.2 Å². The molecule has 0 aliphatic carbocycles. The summed E-state index contributed by atoms with van der Waals surface area (Å²) in [5.41, 5.74) is 1.39. The first-order chi connectivity index (χ1) is 15.7. The first-order valence-corrected chi connectivity index (χ1v) is 10.4. The summed E-state index contributed by atoms with van der Waals surface area (Å²) in [5.74, 6) is -2.08. The van der Waals surface area contributed by atoms with Crippen LogP contribution in [0.1, 0.15) is 26.7 Å². The molecule has 0 spiro atoms. The third-order valence-corrected chi connectivity index (χ3v) is 5.05. The van der Waals surface area contributed by atoms with Crippen molar-refractivity contribution in [2.75, 3.05) is 42.6 Å². The number of amides is 2. The summed E-state index contributed by atoms with van der Waals surface area (Å²) in [6, 6.07) is 4.51. The van der Waals surface area contributed by atoms with Gasteiger partial charge in [-0.3, -0.25) is 14.5 Å². The summed E-state index contributed by atoms with van der Waals surface area (Å²) in [7, 11) is 0. The van der Waals surface area contributed by atoms with E-state index in [-0.39, 0.29) is 19.0 Å². The molecule has 3 rings (SSSR count). The van der Waals surface area contributed by atoms with E-state index in [9.17, 15) is 23.6 Å². The molecule has 2 heterocycles.